The molecule has 1 aromatic heterocycles. The fourth-order valence-corrected chi connectivity index (χ4v) is 3.22. The van der Waals surface area contributed by atoms with Crippen LogP contribution in [0.3, 0.4) is 0 Å². The van der Waals surface area contributed by atoms with Crippen molar-refractivity contribution in [1.29, 1.82) is 0 Å². The third kappa shape index (κ3) is 4.87. The Hall–Kier alpha value is -3.36. The van der Waals surface area contributed by atoms with Crippen molar-refractivity contribution in [2.24, 2.45) is 0 Å². The highest BCUT2D eigenvalue weighted by molar-refractivity contribution is 7.07. The molecule has 5 heteroatoms. The number of aryl methyl sites for hydroxylation is 1. The Bertz CT molecular complexity index is 1030. The Balaban J connectivity index is 1.71. The normalized spacial score (nSPS) is 11.1. The number of hydrogen-bond acceptors (Lipinski definition) is 4. The van der Waals surface area contributed by atoms with Crippen molar-refractivity contribution in [1.82, 2.24) is 4.37 Å². The molecule has 0 spiro atoms. The predicted molar refractivity (Wildman–Crippen MR) is 114 cm³/mol. The molecule has 1 N–H and O–H groups in total. The molecule has 0 aliphatic carbocycles. The van der Waals surface area contributed by atoms with Crippen LogP contribution in [-0.4, -0.2) is 10.5 Å². The van der Waals surface area contributed by atoms with Crippen molar-refractivity contribution in [2.45, 2.75) is 20.0 Å². The summed E-state index contributed by atoms with van der Waals surface area (Å²) >= 11 is 1.25. The van der Waals surface area contributed by atoms with Crippen LogP contribution in [0, 0.1) is 18.8 Å². The van der Waals surface area contributed by atoms with Gasteiger partial charge in [0.15, 0.2) is 0 Å². The molecule has 3 aromatic rings. The first-order chi connectivity index (χ1) is 13.6. The zero-order valence-corrected chi connectivity index (χ0v) is 16.5. The van der Waals surface area contributed by atoms with E-state index in [2.05, 4.69) is 28.1 Å². The maximum Gasteiger partial charge on any atom is 0.412 e. The van der Waals surface area contributed by atoms with Crippen molar-refractivity contribution in [3.8, 4) is 11.8 Å². The standard InChI is InChI=1S/C23H20N2O2S/c1-4-18-10-12-19(13-11-18)14-15-21-22(16(2)25-28-21)24-23(26)27-17(3)20-8-6-5-7-9-20/h4-13,17H,1H2,2-3H3,(H,24,26). The number of hydrogen-bond donors (Lipinski definition) is 1. The van der Waals surface area contributed by atoms with Crippen molar-refractivity contribution >= 4 is 29.4 Å². The fraction of sp³-hybridized carbons (Fsp3) is 0.130. The quantitative estimate of drug-likeness (QED) is 0.574. The first kappa shape index (κ1) is 19.4. The summed E-state index contributed by atoms with van der Waals surface area (Å²) in [6, 6.07) is 17.4. The summed E-state index contributed by atoms with van der Waals surface area (Å²) < 4.78 is 9.78. The second-order valence-electron chi connectivity index (χ2n) is 6.13. The largest absolute Gasteiger partial charge is 0.441 e. The number of ether oxygens (including phenoxy) is 1. The Labute approximate surface area is 169 Å². The van der Waals surface area contributed by atoms with Gasteiger partial charge in [0, 0.05) is 5.56 Å². The van der Waals surface area contributed by atoms with Gasteiger partial charge in [-0.25, -0.2) is 4.79 Å². The third-order valence-electron chi connectivity index (χ3n) is 4.11. The van der Waals surface area contributed by atoms with Crippen molar-refractivity contribution < 1.29 is 9.53 Å². The SMILES string of the molecule is C=Cc1ccc(C#Cc2snc(C)c2NC(=O)OC(C)c2ccccc2)cc1. The monoisotopic (exact) mass is 388 g/mol. The maximum atomic E-state index is 12.3. The molecule has 4 nitrogen and oxygen atoms in total. The molecule has 0 saturated heterocycles. The summed E-state index contributed by atoms with van der Waals surface area (Å²) in [4.78, 5) is 13.0. The van der Waals surface area contributed by atoms with Crippen LogP contribution in [0.1, 0.15) is 40.3 Å². The van der Waals surface area contributed by atoms with E-state index < -0.39 is 6.09 Å². The minimum Gasteiger partial charge on any atom is -0.441 e. The summed E-state index contributed by atoms with van der Waals surface area (Å²) in [5.74, 6) is 6.19. The van der Waals surface area contributed by atoms with E-state index in [-0.39, 0.29) is 6.10 Å². The molecule has 1 amide bonds. The van der Waals surface area contributed by atoms with E-state index >= 15 is 0 Å². The number of nitrogens with zero attached hydrogens (tertiary/aromatic N) is 1. The average Bonchev–Trinajstić information content (AvgIpc) is 3.06. The lowest BCUT2D eigenvalue weighted by molar-refractivity contribution is 0.121. The lowest BCUT2D eigenvalue weighted by Gasteiger charge is -2.14. The number of carbonyl (C=O) groups excluding carboxylic acids is 1. The van der Waals surface area contributed by atoms with Crippen LogP contribution in [0.25, 0.3) is 6.08 Å². The van der Waals surface area contributed by atoms with Crippen molar-refractivity contribution in [3.63, 3.8) is 0 Å². The molecule has 1 unspecified atom stereocenters. The van der Waals surface area contributed by atoms with Gasteiger partial charge in [0.1, 0.15) is 11.0 Å². The predicted octanol–water partition coefficient (Wildman–Crippen LogP) is 5.80. The van der Waals surface area contributed by atoms with Gasteiger partial charge < -0.3 is 4.74 Å². The molecule has 0 aliphatic rings. The number of rotatable bonds is 4. The number of nitrogens with one attached hydrogen (secondary N) is 1. The summed E-state index contributed by atoms with van der Waals surface area (Å²) in [5.41, 5.74) is 4.14. The third-order valence-corrected chi connectivity index (χ3v) is 4.96. The van der Waals surface area contributed by atoms with E-state index in [1.165, 1.54) is 11.5 Å². The van der Waals surface area contributed by atoms with Gasteiger partial charge >= 0.3 is 6.09 Å². The summed E-state index contributed by atoms with van der Waals surface area (Å²) in [7, 11) is 0. The van der Waals surface area contributed by atoms with E-state index in [0.717, 1.165) is 16.7 Å². The van der Waals surface area contributed by atoms with Gasteiger partial charge in [-0.15, -0.1) is 0 Å². The van der Waals surface area contributed by atoms with Gasteiger partial charge in [-0.3, -0.25) is 5.32 Å². The number of amides is 1. The fourth-order valence-electron chi connectivity index (χ4n) is 2.52. The van der Waals surface area contributed by atoms with Gasteiger partial charge in [0.05, 0.1) is 11.4 Å². The molecular weight excluding hydrogens is 368 g/mol. The van der Waals surface area contributed by atoms with E-state index in [1.54, 1.807) is 6.08 Å². The zero-order chi connectivity index (χ0) is 19.9. The number of benzene rings is 2. The Kier molecular flexibility index (Phi) is 6.25. The first-order valence-corrected chi connectivity index (χ1v) is 9.57. The molecule has 0 radical (unpaired) electrons. The van der Waals surface area contributed by atoms with Gasteiger partial charge in [-0.05, 0) is 54.6 Å². The Morgan fingerprint density at radius 1 is 1.18 bits per heavy atom. The molecule has 0 saturated carbocycles. The van der Waals surface area contributed by atoms with E-state index in [4.69, 9.17) is 4.74 Å². The highest BCUT2D eigenvalue weighted by Gasteiger charge is 2.16. The molecule has 0 aliphatic heterocycles. The van der Waals surface area contributed by atoms with Crippen LogP contribution in [-0.2, 0) is 4.74 Å². The molecule has 2 aromatic carbocycles. The summed E-state index contributed by atoms with van der Waals surface area (Å²) in [5, 5.41) is 2.78. The summed E-state index contributed by atoms with van der Waals surface area (Å²) in [6.45, 7) is 7.41. The zero-order valence-electron chi connectivity index (χ0n) is 15.7. The van der Waals surface area contributed by atoms with E-state index in [1.807, 2.05) is 68.4 Å². The smallest absolute Gasteiger partial charge is 0.412 e. The van der Waals surface area contributed by atoms with Crippen LogP contribution in [0.4, 0.5) is 10.5 Å². The van der Waals surface area contributed by atoms with Gasteiger partial charge in [-0.2, -0.15) is 4.37 Å². The summed E-state index contributed by atoms with van der Waals surface area (Å²) in [6.07, 6.45) is 0.900. The molecular formula is C23H20N2O2S. The Morgan fingerprint density at radius 2 is 1.89 bits per heavy atom. The number of carbonyl (C=O) groups is 1. The Morgan fingerprint density at radius 3 is 2.57 bits per heavy atom. The van der Waals surface area contributed by atoms with E-state index in [9.17, 15) is 4.79 Å². The molecule has 28 heavy (non-hydrogen) atoms. The highest BCUT2D eigenvalue weighted by atomic mass is 32.1. The second-order valence-corrected chi connectivity index (χ2v) is 6.90. The van der Waals surface area contributed by atoms with Crippen molar-refractivity contribution in [2.75, 3.05) is 5.32 Å². The number of aromatic nitrogens is 1. The molecule has 0 bridgehead atoms. The average molecular weight is 388 g/mol. The first-order valence-electron chi connectivity index (χ1n) is 8.80. The lowest BCUT2D eigenvalue weighted by atomic mass is 10.1. The van der Waals surface area contributed by atoms with Gasteiger partial charge in [0.25, 0.3) is 0 Å². The molecule has 1 heterocycles. The van der Waals surface area contributed by atoms with Gasteiger partial charge in [-0.1, -0.05) is 61.0 Å². The topological polar surface area (TPSA) is 51.2 Å². The minimum atomic E-state index is -0.530. The lowest BCUT2D eigenvalue weighted by Crippen LogP contribution is -2.16. The van der Waals surface area contributed by atoms with Crippen LogP contribution in [0.2, 0.25) is 0 Å². The minimum absolute atomic E-state index is 0.356. The van der Waals surface area contributed by atoms with Crippen LogP contribution >= 0.6 is 11.5 Å². The molecule has 140 valence electrons. The number of anilines is 1. The van der Waals surface area contributed by atoms with Gasteiger partial charge in [0.2, 0.25) is 0 Å². The molecule has 1 atom stereocenters. The second kappa shape index (κ2) is 9.03. The van der Waals surface area contributed by atoms with Crippen LogP contribution < -0.4 is 5.32 Å². The van der Waals surface area contributed by atoms with Crippen LogP contribution in [0.5, 0.6) is 0 Å². The highest BCUT2D eigenvalue weighted by Crippen LogP contribution is 2.25. The van der Waals surface area contributed by atoms with Crippen LogP contribution in [0.15, 0.2) is 61.2 Å². The molecule has 3 rings (SSSR count). The van der Waals surface area contributed by atoms with E-state index in [0.29, 0.717) is 16.3 Å². The molecule has 0 fully saturated rings. The maximum absolute atomic E-state index is 12.3. The van der Waals surface area contributed by atoms with Crippen molar-refractivity contribution in [3.05, 3.63) is 88.4 Å².